The van der Waals surface area contributed by atoms with Crippen molar-refractivity contribution in [3.8, 4) is 0 Å². The van der Waals surface area contributed by atoms with Crippen LogP contribution < -0.4 is 5.73 Å². The Hall–Kier alpha value is -1.72. The van der Waals surface area contributed by atoms with Gasteiger partial charge in [0.25, 0.3) is 0 Å². The number of nitrogens with zero attached hydrogens (tertiary/aromatic N) is 2. The Morgan fingerprint density at radius 1 is 1.40 bits per heavy atom. The molecule has 1 heterocycles. The van der Waals surface area contributed by atoms with Gasteiger partial charge in [-0.05, 0) is 24.6 Å². The number of nitrogens with two attached hydrogens (primary N) is 1. The third-order valence-corrected chi connectivity index (χ3v) is 3.76. The van der Waals surface area contributed by atoms with Crippen molar-refractivity contribution >= 4 is 0 Å². The normalized spacial score (nSPS) is 14.2. The highest BCUT2D eigenvalue weighted by Crippen LogP contribution is 2.29. The molecule has 2 aromatic rings. The molecule has 20 heavy (non-hydrogen) atoms. The number of benzene rings is 1. The Balaban J connectivity index is 2.45. The highest BCUT2D eigenvalue weighted by Gasteiger charge is 2.34. The van der Waals surface area contributed by atoms with E-state index in [0.29, 0.717) is 12.0 Å². The van der Waals surface area contributed by atoms with Gasteiger partial charge in [-0.15, -0.1) is 0 Å². The number of hydrogen-bond acceptors (Lipinski definition) is 3. The average Bonchev–Trinajstić information content (AvgIpc) is 2.75. The van der Waals surface area contributed by atoms with E-state index in [2.05, 4.69) is 5.10 Å². The van der Waals surface area contributed by atoms with Gasteiger partial charge in [0.05, 0.1) is 12.3 Å². The molecule has 1 aromatic carbocycles. The van der Waals surface area contributed by atoms with Gasteiger partial charge in [-0.1, -0.05) is 18.2 Å². The third kappa shape index (κ3) is 2.59. The van der Waals surface area contributed by atoms with Crippen LogP contribution in [0.5, 0.6) is 0 Å². The minimum absolute atomic E-state index is 0.161. The Bertz CT molecular complexity index is 591. The Kier molecular flexibility index (Phi) is 4.20. The van der Waals surface area contributed by atoms with Gasteiger partial charge in [-0.2, -0.15) is 5.10 Å². The van der Waals surface area contributed by atoms with Gasteiger partial charge in [-0.3, -0.25) is 4.68 Å². The Labute approximate surface area is 118 Å². The monoisotopic (exact) mass is 277 g/mol. The highest BCUT2D eigenvalue weighted by molar-refractivity contribution is 5.30. The van der Waals surface area contributed by atoms with Crippen molar-refractivity contribution in [3.63, 3.8) is 0 Å². The molecule has 0 spiro atoms. The van der Waals surface area contributed by atoms with E-state index in [0.717, 1.165) is 11.4 Å². The maximum absolute atomic E-state index is 14.1. The number of aliphatic hydroxyl groups is 1. The predicted molar refractivity (Wildman–Crippen MR) is 75.9 cm³/mol. The standard InChI is InChI=1S/C15H20FN3O/c1-11-7-12(19(2)18-11)8-15(9-17,10-20)13-5-3-4-6-14(13)16/h3-7,20H,8-10,17H2,1-2H3. The van der Waals surface area contributed by atoms with E-state index in [-0.39, 0.29) is 19.0 Å². The molecule has 0 fully saturated rings. The zero-order chi connectivity index (χ0) is 14.8. The zero-order valence-electron chi connectivity index (χ0n) is 11.8. The Morgan fingerprint density at radius 2 is 2.10 bits per heavy atom. The van der Waals surface area contributed by atoms with Crippen molar-refractivity contribution in [3.05, 3.63) is 53.1 Å². The molecule has 1 atom stereocenters. The first-order valence-electron chi connectivity index (χ1n) is 6.58. The lowest BCUT2D eigenvalue weighted by Gasteiger charge is -2.31. The smallest absolute Gasteiger partial charge is 0.127 e. The maximum atomic E-state index is 14.1. The van der Waals surface area contributed by atoms with Gasteiger partial charge in [-0.25, -0.2) is 4.39 Å². The molecule has 0 amide bonds. The number of hydrogen-bond donors (Lipinski definition) is 2. The summed E-state index contributed by atoms with van der Waals surface area (Å²) < 4.78 is 15.8. The van der Waals surface area contributed by atoms with Crippen LogP contribution in [-0.4, -0.2) is 28.0 Å². The number of aryl methyl sites for hydroxylation is 2. The van der Waals surface area contributed by atoms with Gasteiger partial charge < -0.3 is 10.8 Å². The van der Waals surface area contributed by atoms with Crippen molar-refractivity contribution in [2.75, 3.05) is 13.2 Å². The van der Waals surface area contributed by atoms with Crippen LogP contribution in [0.15, 0.2) is 30.3 Å². The van der Waals surface area contributed by atoms with Crippen molar-refractivity contribution in [2.24, 2.45) is 12.8 Å². The minimum atomic E-state index is -0.828. The van der Waals surface area contributed by atoms with Crippen LogP contribution in [0.4, 0.5) is 4.39 Å². The first-order valence-corrected chi connectivity index (χ1v) is 6.58. The summed E-state index contributed by atoms with van der Waals surface area (Å²) in [5.74, 6) is -0.342. The lowest BCUT2D eigenvalue weighted by molar-refractivity contribution is 0.190. The number of rotatable bonds is 5. The van der Waals surface area contributed by atoms with Crippen LogP contribution in [0, 0.1) is 12.7 Å². The molecule has 0 radical (unpaired) electrons. The third-order valence-electron chi connectivity index (χ3n) is 3.76. The largest absolute Gasteiger partial charge is 0.395 e. The lowest BCUT2D eigenvalue weighted by atomic mass is 9.77. The van der Waals surface area contributed by atoms with E-state index in [1.54, 1.807) is 22.9 Å². The van der Waals surface area contributed by atoms with E-state index in [1.165, 1.54) is 6.07 Å². The molecule has 2 rings (SSSR count). The molecule has 5 heteroatoms. The minimum Gasteiger partial charge on any atom is -0.395 e. The molecule has 3 N–H and O–H groups in total. The van der Waals surface area contributed by atoms with Crippen LogP contribution >= 0.6 is 0 Å². The molecule has 1 aromatic heterocycles. The van der Waals surface area contributed by atoms with Crippen LogP contribution in [0.3, 0.4) is 0 Å². The molecule has 0 aliphatic rings. The van der Waals surface area contributed by atoms with E-state index in [9.17, 15) is 9.50 Å². The topological polar surface area (TPSA) is 64.1 Å². The second-order valence-electron chi connectivity index (χ2n) is 5.20. The second kappa shape index (κ2) is 5.73. The summed E-state index contributed by atoms with van der Waals surface area (Å²) in [4.78, 5) is 0. The van der Waals surface area contributed by atoms with E-state index < -0.39 is 5.41 Å². The Morgan fingerprint density at radius 3 is 2.60 bits per heavy atom. The predicted octanol–water partition coefficient (Wildman–Crippen LogP) is 1.30. The fourth-order valence-corrected chi connectivity index (χ4v) is 2.55. The van der Waals surface area contributed by atoms with Gasteiger partial charge in [0, 0.05) is 31.1 Å². The molecule has 0 saturated heterocycles. The van der Waals surface area contributed by atoms with Gasteiger partial charge in [0.1, 0.15) is 5.82 Å². The summed E-state index contributed by atoms with van der Waals surface area (Å²) in [6, 6.07) is 8.39. The van der Waals surface area contributed by atoms with Crippen LogP contribution in [0.2, 0.25) is 0 Å². The maximum Gasteiger partial charge on any atom is 0.127 e. The van der Waals surface area contributed by atoms with Crippen molar-refractivity contribution in [2.45, 2.75) is 18.8 Å². The van der Waals surface area contributed by atoms with Crippen molar-refractivity contribution in [1.29, 1.82) is 0 Å². The zero-order valence-corrected chi connectivity index (χ0v) is 11.8. The highest BCUT2D eigenvalue weighted by atomic mass is 19.1. The molecule has 1 unspecified atom stereocenters. The molecule has 0 bridgehead atoms. The summed E-state index contributed by atoms with van der Waals surface area (Å²) in [5.41, 5.74) is 7.30. The number of halogens is 1. The van der Waals surface area contributed by atoms with E-state index in [1.807, 2.05) is 20.0 Å². The number of aromatic nitrogens is 2. The van der Waals surface area contributed by atoms with E-state index >= 15 is 0 Å². The summed E-state index contributed by atoms with van der Waals surface area (Å²) >= 11 is 0. The second-order valence-corrected chi connectivity index (χ2v) is 5.20. The summed E-state index contributed by atoms with van der Waals surface area (Å²) in [5, 5.41) is 14.1. The fraction of sp³-hybridized carbons (Fsp3) is 0.400. The SMILES string of the molecule is Cc1cc(CC(CN)(CO)c2ccccc2F)n(C)n1. The van der Waals surface area contributed by atoms with Crippen molar-refractivity contribution in [1.82, 2.24) is 9.78 Å². The number of aliphatic hydroxyl groups excluding tert-OH is 1. The fourth-order valence-electron chi connectivity index (χ4n) is 2.55. The van der Waals surface area contributed by atoms with Crippen LogP contribution in [-0.2, 0) is 18.9 Å². The van der Waals surface area contributed by atoms with Crippen LogP contribution in [0.25, 0.3) is 0 Å². The quantitative estimate of drug-likeness (QED) is 0.866. The van der Waals surface area contributed by atoms with Gasteiger partial charge in [0.2, 0.25) is 0 Å². The first-order chi connectivity index (χ1) is 9.52. The molecule has 0 aliphatic carbocycles. The first kappa shape index (κ1) is 14.7. The van der Waals surface area contributed by atoms with Crippen LogP contribution in [0.1, 0.15) is 17.0 Å². The summed E-state index contributed by atoms with van der Waals surface area (Å²) in [6.07, 6.45) is 0.443. The molecular weight excluding hydrogens is 257 g/mol. The summed E-state index contributed by atoms with van der Waals surface area (Å²) in [7, 11) is 1.84. The molecule has 4 nitrogen and oxygen atoms in total. The van der Waals surface area contributed by atoms with Gasteiger partial charge in [0.15, 0.2) is 0 Å². The van der Waals surface area contributed by atoms with E-state index in [4.69, 9.17) is 5.73 Å². The molecule has 108 valence electrons. The average molecular weight is 277 g/mol. The molecule has 0 saturated carbocycles. The van der Waals surface area contributed by atoms with Gasteiger partial charge >= 0.3 is 0 Å². The summed E-state index contributed by atoms with van der Waals surface area (Å²) in [6.45, 7) is 1.85. The van der Waals surface area contributed by atoms with Crippen molar-refractivity contribution < 1.29 is 9.50 Å². The molecule has 0 aliphatic heterocycles. The lowest BCUT2D eigenvalue weighted by Crippen LogP contribution is -2.42. The molecular formula is C15H20FN3O.